The van der Waals surface area contributed by atoms with Crippen LogP contribution in [0.25, 0.3) is 18.4 Å². The molecule has 16 heavy (non-hydrogen) atoms. The van der Waals surface area contributed by atoms with E-state index in [1.165, 1.54) is 0 Å². The first-order valence-corrected chi connectivity index (χ1v) is 5.28. The van der Waals surface area contributed by atoms with Crippen molar-refractivity contribution < 1.29 is 9.85 Å². The maximum Gasteiger partial charge on any atom is 0.296 e. The molecule has 1 aromatic heterocycles. The van der Waals surface area contributed by atoms with Gasteiger partial charge in [0.1, 0.15) is 0 Å². The highest BCUT2D eigenvalue weighted by Crippen LogP contribution is 2.22. The minimum atomic E-state index is 0.212. The number of benzene rings is 1. The van der Waals surface area contributed by atoms with Crippen LogP contribution in [0, 0.1) is 0 Å². The number of aliphatic hydroxyl groups excluding tert-OH is 1. The largest absolute Gasteiger partial charge is 0.481 e. The third-order valence-corrected chi connectivity index (χ3v) is 2.49. The van der Waals surface area contributed by atoms with Crippen molar-refractivity contribution >= 4 is 17.0 Å². The summed E-state index contributed by atoms with van der Waals surface area (Å²) in [5, 5.41) is 5.55. The molecular formula is C13H15NO2. The fourth-order valence-corrected chi connectivity index (χ4v) is 1.80. The van der Waals surface area contributed by atoms with Crippen molar-refractivity contribution in [3.05, 3.63) is 42.0 Å². The van der Waals surface area contributed by atoms with Crippen molar-refractivity contribution in [3.63, 3.8) is 0 Å². The molecule has 1 N–H and O–H groups in total. The number of aromatic nitrogens is 1. The van der Waals surface area contributed by atoms with Crippen molar-refractivity contribution in [3.8, 4) is 0 Å². The van der Waals surface area contributed by atoms with Gasteiger partial charge in [0.05, 0.1) is 6.61 Å². The summed E-state index contributed by atoms with van der Waals surface area (Å²) < 4.78 is 14.2. The molecule has 0 aliphatic rings. The van der Waals surface area contributed by atoms with Crippen LogP contribution < -0.4 is 0 Å². The van der Waals surface area contributed by atoms with Crippen LogP contribution in [0.2, 0.25) is 0 Å². The first-order chi connectivity index (χ1) is 8.26. The molecule has 0 bridgehead atoms. The summed E-state index contributed by atoms with van der Waals surface area (Å²) >= 11 is 0. The van der Waals surface area contributed by atoms with Gasteiger partial charge in [0, 0.05) is 35.8 Å². The number of rotatable bonds is 4. The van der Waals surface area contributed by atoms with Crippen LogP contribution in [0.15, 0.2) is 36.4 Å². The Morgan fingerprint density at radius 2 is 2.38 bits per heavy atom. The van der Waals surface area contributed by atoms with Gasteiger partial charge in [-0.1, -0.05) is 18.2 Å². The molecule has 0 atom stereocenters. The van der Waals surface area contributed by atoms with E-state index in [0.29, 0.717) is 6.61 Å². The van der Waals surface area contributed by atoms with Crippen LogP contribution in [0.3, 0.4) is 0 Å². The first-order valence-electron chi connectivity index (χ1n) is 5.68. The van der Waals surface area contributed by atoms with Crippen LogP contribution >= 0.6 is 0 Å². The number of nitrogens with zero attached hydrogens (tertiary/aromatic N) is 1. The van der Waals surface area contributed by atoms with Crippen molar-refractivity contribution in [2.75, 3.05) is 6.61 Å². The molecule has 2 aromatic rings. The highest BCUT2D eigenvalue weighted by molar-refractivity contribution is 5.89. The van der Waals surface area contributed by atoms with Gasteiger partial charge >= 0.3 is 0 Å². The van der Waals surface area contributed by atoms with E-state index < -0.39 is 0 Å². The van der Waals surface area contributed by atoms with Crippen LogP contribution in [0.1, 0.15) is 12.5 Å². The van der Waals surface area contributed by atoms with E-state index in [2.05, 4.69) is 11.2 Å². The molecule has 0 spiro atoms. The molecule has 0 amide bonds. The smallest absolute Gasteiger partial charge is 0.296 e. The van der Waals surface area contributed by atoms with Gasteiger partial charge in [-0.2, -0.15) is 0 Å². The Morgan fingerprint density at radius 1 is 1.56 bits per heavy atom. The molecule has 1 aromatic carbocycles. The third-order valence-electron chi connectivity index (χ3n) is 2.49. The molecule has 0 aliphatic heterocycles. The van der Waals surface area contributed by atoms with Gasteiger partial charge in [-0.05, 0) is 13.0 Å². The minimum Gasteiger partial charge on any atom is -0.481 e. The summed E-state index contributed by atoms with van der Waals surface area (Å²) in [4.78, 5) is 0. The summed E-state index contributed by atoms with van der Waals surface area (Å²) in [5.74, 6) is 0.212. The average Bonchev–Trinajstić information content (AvgIpc) is 2.66. The second-order valence-corrected chi connectivity index (χ2v) is 3.61. The lowest BCUT2D eigenvalue weighted by Crippen LogP contribution is -1.88. The summed E-state index contributed by atoms with van der Waals surface area (Å²) in [6.07, 6.45) is 3.72. The van der Waals surface area contributed by atoms with Crippen molar-refractivity contribution in [2.24, 2.45) is 7.05 Å². The van der Waals surface area contributed by atoms with Crippen molar-refractivity contribution in [2.45, 2.75) is 6.92 Å². The van der Waals surface area contributed by atoms with Crippen LogP contribution in [0.5, 0.6) is 0 Å². The summed E-state index contributed by atoms with van der Waals surface area (Å²) in [6.45, 7) is 2.34. The van der Waals surface area contributed by atoms with Crippen LogP contribution in [-0.4, -0.2) is 16.3 Å². The fraction of sp³-hybridized carbons (Fsp3) is 0.231. The maximum atomic E-state index is 6.93. The van der Waals surface area contributed by atoms with Gasteiger partial charge < -0.3 is 14.4 Å². The lowest BCUT2D eigenvalue weighted by atomic mass is 10.2. The Kier molecular flexibility index (Phi) is 2.51. The Hall–Kier alpha value is -1.90. The predicted octanol–water partition coefficient (Wildman–Crippen LogP) is 3.07. The number of para-hydroxylation sites is 1. The number of hydrogen-bond donors (Lipinski definition) is 1. The molecule has 0 saturated heterocycles. The topological polar surface area (TPSA) is 34.4 Å². The first kappa shape index (κ1) is 9.33. The molecule has 3 nitrogen and oxygen atoms in total. The molecule has 0 radical (unpaired) electrons. The number of hydrogen-bond acceptors (Lipinski definition) is 2. The van der Waals surface area contributed by atoms with Gasteiger partial charge in [0.25, 0.3) is 7.38 Å². The average molecular weight is 219 g/mol. The van der Waals surface area contributed by atoms with E-state index in [1.807, 2.05) is 42.9 Å². The zero-order valence-electron chi connectivity index (χ0n) is 10.4. The summed E-state index contributed by atoms with van der Waals surface area (Å²) in [7, 11) is 1.99. The highest BCUT2D eigenvalue weighted by Gasteiger charge is 2.04. The molecular weight excluding hydrogens is 202 g/mol. The number of aryl methyl sites for hydroxylation is 1. The Bertz CT molecular complexity index is 545. The Morgan fingerprint density at radius 3 is 3.12 bits per heavy atom. The molecule has 0 aliphatic carbocycles. The van der Waals surface area contributed by atoms with E-state index in [4.69, 9.17) is 6.17 Å². The van der Waals surface area contributed by atoms with E-state index >= 15 is 0 Å². The normalized spacial score (nSPS) is 12.6. The van der Waals surface area contributed by atoms with Crippen molar-refractivity contribution in [1.82, 2.24) is 4.57 Å². The number of ether oxygens (including phenoxy) is 1. The number of aliphatic hydroxyl groups is 1. The second kappa shape index (κ2) is 4.31. The summed E-state index contributed by atoms with van der Waals surface area (Å²) in [6, 6.07) is 8.07. The monoisotopic (exact) mass is 219 g/mol. The molecule has 0 saturated carbocycles. The van der Waals surface area contributed by atoms with Gasteiger partial charge in [-0.25, -0.2) is 0 Å². The lowest BCUT2D eigenvalue weighted by Gasteiger charge is -1.99. The van der Waals surface area contributed by atoms with E-state index in [1.54, 1.807) is 6.08 Å². The quantitative estimate of drug-likeness (QED) is 0.802. The van der Waals surface area contributed by atoms with Gasteiger partial charge in [-0.3, -0.25) is 0 Å². The van der Waals surface area contributed by atoms with E-state index in [-0.39, 0.29) is 5.95 Å². The summed E-state index contributed by atoms with van der Waals surface area (Å²) in [5.41, 5.74) is 2.12. The Labute approximate surface area is 96.1 Å². The van der Waals surface area contributed by atoms with E-state index in [9.17, 15) is 0 Å². The molecule has 3 heteroatoms. The Balaban J connectivity index is 2.48. The maximum absolute atomic E-state index is 6.93. The second-order valence-electron chi connectivity index (χ2n) is 3.61. The molecule has 0 fully saturated rings. The fourth-order valence-electron chi connectivity index (χ4n) is 1.80. The number of fused-ring (bicyclic) bond motifs is 1. The van der Waals surface area contributed by atoms with Crippen molar-refractivity contribution in [1.29, 1.82) is 1.43 Å². The van der Waals surface area contributed by atoms with Crippen LogP contribution in [-0.2, 0) is 11.8 Å². The lowest BCUT2D eigenvalue weighted by molar-refractivity contribution is 0.107. The molecule has 84 valence electrons. The van der Waals surface area contributed by atoms with Gasteiger partial charge in [0.15, 0.2) is 0 Å². The van der Waals surface area contributed by atoms with Crippen LogP contribution in [0.4, 0.5) is 0 Å². The zero-order valence-corrected chi connectivity index (χ0v) is 9.43. The molecule has 2 rings (SSSR count). The third kappa shape index (κ3) is 1.89. The highest BCUT2D eigenvalue weighted by atomic mass is 16.6. The standard InChI is InChI=1S/C13H15NO2/c1-3-16-13(15)8-10-9-14(2)12-7-5-4-6-11(10)12/h4-9,15H,3H2,1-2H3/b13-8-/i/hT. The predicted molar refractivity (Wildman–Crippen MR) is 65.2 cm³/mol. The van der Waals surface area contributed by atoms with Gasteiger partial charge in [-0.15, -0.1) is 0 Å². The van der Waals surface area contributed by atoms with Gasteiger partial charge in [0.2, 0.25) is 0 Å². The minimum absolute atomic E-state index is 0.212. The molecule has 1 heterocycles. The SMILES string of the molecule is [3H]O/C(=C/c1cn(C)c2ccccc12)OCC. The van der Waals surface area contributed by atoms with E-state index in [0.717, 1.165) is 16.5 Å². The molecule has 0 unspecified atom stereocenters. The zero-order chi connectivity index (χ0) is 12.3.